The van der Waals surface area contributed by atoms with Gasteiger partial charge in [-0.1, -0.05) is 27.7 Å². The zero-order valence-electron chi connectivity index (χ0n) is 14.9. The van der Waals surface area contributed by atoms with E-state index in [1.54, 1.807) is 0 Å². The van der Waals surface area contributed by atoms with Gasteiger partial charge in [0.15, 0.2) is 0 Å². The molecule has 0 aromatic rings. The summed E-state index contributed by atoms with van der Waals surface area (Å²) in [7, 11) is 0. The summed E-state index contributed by atoms with van der Waals surface area (Å²) < 4.78 is 5.66. The van der Waals surface area contributed by atoms with E-state index in [0.29, 0.717) is 18.6 Å². The number of hydrogen-bond acceptors (Lipinski definition) is 4. The highest BCUT2D eigenvalue weighted by Crippen LogP contribution is 2.16. The highest BCUT2D eigenvalue weighted by Gasteiger charge is 2.28. The molecule has 130 valence electrons. The van der Waals surface area contributed by atoms with E-state index in [1.807, 2.05) is 13.8 Å². The van der Waals surface area contributed by atoms with Crippen LogP contribution in [0.5, 0.6) is 0 Å². The minimum absolute atomic E-state index is 0.250. The zero-order chi connectivity index (χ0) is 16.4. The number of piperidine rings is 1. The molecule has 5 nitrogen and oxygen atoms in total. The van der Waals surface area contributed by atoms with Gasteiger partial charge in [-0.3, -0.25) is 9.69 Å². The molecule has 2 aliphatic rings. The number of carbonyl (C=O) groups excluding carboxylic acids is 1. The molecule has 0 atom stereocenters. The molecule has 22 heavy (non-hydrogen) atoms. The molecular weight excluding hydrogens is 278 g/mol. The lowest BCUT2D eigenvalue weighted by Gasteiger charge is -2.37. The molecule has 0 spiro atoms. The van der Waals surface area contributed by atoms with Crippen molar-refractivity contribution in [1.29, 1.82) is 0 Å². The van der Waals surface area contributed by atoms with Gasteiger partial charge < -0.3 is 15.0 Å². The van der Waals surface area contributed by atoms with Crippen LogP contribution in [0.4, 0.5) is 0 Å². The number of piperazine rings is 1. The number of carbonyl (C=O) groups is 1. The van der Waals surface area contributed by atoms with Crippen LogP contribution in [0.15, 0.2) is 0 Å². The van der Waals surface area contributed by atoms with Crippen molar-refractivity contribution in [3.8, 4) is 0 Å². The Morgan fingerprint density at radius 2 is 1.73 bits per heavy atom. The SMILES string of the molecule is CC.CC(C)COCN1CCN(C(=O)C2CCNCC2)CC1. The van der Waals surface area contributed by atoms with Crippen LogP contribution < -0.4 is 5.32 Å². The molecule has 0 radical (unpaired) electrons. The van der Waals surface area contributed by atoms with E-state index in [-0.39, 0.29) is 5.92 Å². The Balaban J connectivity index is 0.00000116. The third-order valence-corrected chi connectivity index (χ3v) is 4.10. The summed E-state index contributed by atoms with van der Waals surface area (Å²) in [5.74, 6) is 1.20. The van der Waals surface area contributed by atoms with Crippen LogP contribution in [0.25, 0.3) is 0 Å². The van der Waals surface area contributed by atoms with Crippen LogP contribution in [-0.4, -0.2) is 68.3 Å². The molecule has 0 aliphatic carbocycles. The first-order valence-electron chi connectivity index (χ1n) is 8.96. The molecule has 0 aromatic heterocycles. The minimum atomic E-state index is 0.250. The number of nitrogens with one attached hydrogen (secondary N) is 1. The Bertz CT molecular complexity index is 296. The van der Waals surface area contributed by atoms with Gasteiger partial charge in [-0.15, -0.1) is 0 Å². The van der Waals surface area contributed by atoms with Crippen molar-refractivity contribution in [2.24, 2.45) is 11.8 Å². The average molecular weight is 313 g/mol. The minimum Gasteiger partial charge on any atom is -0.366 e. The van der Waals surface area contributed by atoms with Gasteiger partial charge in [-0.2, -0.15) is 0 Å². The highest BCUT2D eigenvalue weighted by atomic mass is 16.5. The van der Waals surface area contributed by atoms with Crippen molar-refractivity contribution in [3.05, 3.63) is 0 Å². The highest BCUT2D eigenvalue weighted by molar-refractivity contribution is 5.79. The number of hydrogen-bond donors (Lipinski definition) is 1. The normalized spacial score (nSPS) is 20.7. The second-order valence-corrected chi connectivity index (χ2v) is 6.36. The maximum absolute atomic E-state index is 12.4. The fourth-order valence-corrected chi connectivity index (χ4v) is 2.84. The van der Waals surface area contributed by atoms with Crippen molar-refractivity contribution in [1.82, 2.24) is 15.1 Å². The van der Waals surface area contributed by atoms with Gasteiger partial charge in [0.2, 0.25) is 5.91 Å². The van der Waals surface area contributed by atoms with Crippen LogP contribution in [0.2, 0.25) is 0 Å². The predicted molar refractivity (Wildman–Crippen MR) is 90.8 cm³/mol. The first kappa shape index (κ1) is 19.4. The van der Waals surface area contributed by atoms with E-state index in [0.717, 1.165) is 58.7 Å². The quantitative estimate of drug-likeness (QED) is 0.840. The summed E-state index contributed by atoms with van der Waals surface area (Å²) in [4.78, 5) is 16.8. The zero-order valence-corrected chi connectivity index (χ0v) is 14.9. The van der Waals surface area contributed by atoms with Crippen LogP contribution in [0.1, 0.15) is 40.5 Å². The molecular formula is C17H35N3O2. The summed E-state index contributed by atoms with van der Waals surface area (Å²) in [6, 6.07) is 0. The lowest BCUT2D eigenvalue weighted by atomic mass is 9.96. The topological polar surface area (TPSA) is 44.8 Å². The second kappa shape index (κ2) is 11.0. The Morgan fingerprint density at radius 3 is 2.27 bits per heavy atom. The average Bonchev–Trinajstić information content (AvgIpc) is 2.57. The lowest BCUT2D eigenvalue weighted by molar-refractivity contribution is -0.139. The van der Waals surface area contributed by atoms with Gasteiger partial charge in [-0.05, 0) is 31.8 Å². The molecule has 1 amide bonds. The van der Waals surface area contributed by atoms with E-state index in [1.165, 1.54) is 0 Å². The van der Waals surface area contributed by atoms with Crippen molar-refractivity contribution in [3.63, 3.8) is 0 Å². The van der Waals surface area contributed by atoms with Gasteiger partial charge in [-0.25, -0.2) is 0 Å². The van der Waals surface area contributed by atoms with Crippen molar-refractivity contribution in [2.45, 2.75) is 40.5 Å². The van der Waals surface area contributed by atoms with Crippen molar-refractivity contribution in [2.75, 3.05) is 52.6 Å². The van der Waals surface area contributed by atoms with Crippen LogP contribution in [-0.2, 0) is 9.53 Å². The smallest absolute Gasteiger partial charge is 0.225 e. The number of ether oxygens (including phenoxy) is 1. The molecule has 1 N–H and O–H groups in total. The summed E-state index contributed by atoms with van der Waals surface area (Å²) in [5.41, 5.74) is 0. The Kier molecular flexibility index (Phi) is 9.68. The molecule has 2 aliphatic heterocycles. The first-order valence-corrected chi connectivity index (χ1v) is 8.96. The summed E-state index contributed by atoms with van der Waals surface area (Å²) in [5, 5.41) is 3.32. The van der Waals surface area contributed by atoms with Crippen molar-refractivity contribution >= 4 is 5.91 Å². The summed E-state index contributed by atoms with van der Waals surface area (Å²) >= 11 is 0. The second-order valence-electron chi connectivity index (χ2n) is 6.36. The van der Waals surface area contributed by atoms with Crippen LogP contribution in [0, 0.1) is 11.8 Å². The molecule has 0 aromatic carbocycles. The fraction of sp³-hybridized carbons (Fsp3) is 0.941. The standard InChI is InChI=1S/C15H29N3O2.C2H6/c1-13(2)11-20-12-17-7-9-18(10-8-17)15(19)14-3-5-16-6-4-14;1-2/h13-14,16H,3-12H2,1-2H3;1-2H3. The summed E-state index contributed by atoms with van der Waals surface area (Å²) in [6.45, 7) is 15.4. The van der Waals surface area contributed by atoms with Crippen LogP contribution in [0.3, 0.4) is 0 Å². The predicted octanol–water partition coefficient (Wildman–Crippen LogP) is 1.79. The molecule has 5 heteroatoms. The fourth-order valence-electron chi connectivity index (χ4n) is 2.84. The number of amides is 1. The maximum atomic E-state index is 12.4. The van der Waals surface area contributed by atoms with E-state index in [4.69, 9.17) is 4.74 Å². The van der Waals surface area contributed by atoms with E-state index < -0.39 is 0 Å². The van der Waals surface area contributed by atoms with E-state index >= 15 is 0 Å². The van der Waals surface area contributed by atoms with Gasteiger partial charge >= 0.3 is 0 Å². The largest absolute Gasteiger partial charge is 0.366 e. The number of nitrogens with zero attached hydrogens (tertiary/aromatic N) is 2. The lowest BCUT2D eigenvalue weighted by Crippen LogP contribution is -2.51. The molecule has 0 unspecified atom stereocenters. The Morgan fingerprint density at radius 1 is 1.14 bits per heavy atom. The van der Waals surface area contributed by atoms with Gasteiger partial charge in [0.1, 0.15) is 0 Å². The molecule has 0 bridgehead atoms. The van der Waals surface area contributed by atoms with E-state index in [9.17, 15) is 4.79 Å². The molecule has 2 fully saturated rings. The van der Waals surface area contributed by atoms with Gasteiger partial charge in [0.25, 0.3) is 0 Å². The summed E-state index contributed by atoms with van der Waals surface area (Å²) in [6.07, 6.45) is 1.99. The Hall–Kier alpha value is -0.650. The maximum Gasteiger partial charge on any atom is 0.225 e. The third-order valence-electron chi connectivity index (χ3n) is 4.10. The van der Waals surface area contributed by atoms with Crippen LogP contribution >= 0.6 is 0 Å². The third kappa shape index (κ3) is 6.63. The van der Waals surface area contributed by atoms with Crippen molar-refractivity contribution < 1.29 is 9.53 Å². The van der Waals surface area contributed by atoms with Gasteiger partial charge in [0.05, 0.1) is 13.3 Å². The Labute approximate surface area is 136 Å². The van der Waals surface area contributed by atoms with Gasteiger partial charge in [0, 0.05) is 32.1 Å². The molecule has 2 rings (SSSR count). The van der Waals surface area contributed by atoms with E-state index in [2.05, 4.69) is 29.0 Å². The monoisotopic (exact) mass is 313 g/mol. The molecule has 0 saturated carbocycles. The molecule has 2 saturated heterocycles. The first-order chi connectivity index (χ1) is 10.7. The number of rotatable bonds is 5. The molecule has 2 heterocycles.